The molecule has 0 aliphatic carbocycles. The van der Waals surface area contributed by atoms with Crippen molar-refractivity contribution >= 4 is 5.82 Å². The van der Waals surface area contributed by atoms with Crippen molar-refractivity contribution in [2.24, 2.45) is 11.8 Å². The Morgan fingerprint density at radius 1 is 1.00 bits per heavy atom. The first kappa shape index (κ1) is 18.9. The number of piperidine rings is 3. The average molecular weight is 399 g/mol. The average Bonchev–Trinajstić information content (AvgIpc) is 2.69. The molecule has 154 valence electrons. The number of nitrogens with zero attached hydrogens (tertiary/aromatic N) is 4. The molecule has 1 aromatic carbocycles. The third-order valence-electron chi connectivity index (χ3n) is 7.29. The predicted molar refractivity (Wildman–Crippen MR) is 109 cm³/mol. The fraction of sp³-hybridized carbons (Fsp3) is 0.565. The van der Waals surface area contributed by atoms with Crippen LogP contribution in [-0.4, -0.2) is 40.8 Å². The molecule has 0 amide bonds. The molecule has 29 heavy (non-hydrogen) atoms. The Bertz CT molecular complexity index is 897. The van der Waals surface area contributed by atoms with Crippen molar-refractivity contribution in [1.82, 2.24) is 15.1 Å². The van der Waals surface area contributed by atoms with Crippen molar-refractivity contribution in [3.63, 3.8) is 0 Å². The van der Waals surface area contributed by atoms with E-state index in [-0.39, 0.29) is 6.04 Å². The number of hydrogen-bond donors (Lipinski definition) is 0. The third-order valence-corrected chi connectivity index (χ3v) is 7.29. The first-order chi connectivity index (χ1) is 14.0. The molecule has 0 unspecified atom stereocenters. The van der Waals surface area contributed by atoms with Gasteiger partial charge in [-0.05, 0) is 80.2 Å². The van der Waals surface area contributed by atoms with Crippen molar-refractivity contribution in [3.8, 4) is 0 Å². The van der Waals surface area contributed by atoms with Crippen molar-refractivity contribution < 1.29 is 8.78 Å². The van der Waals surface area contributed by atoms with Crippen LogP contribution in [0.15, 0.2) is 24.4 Å². The Balaban J connectivity index is 1.41. The Hall–Kier alpha value is -2.08. The van der Waals surface area contributed by atoms with Gasteiger partial charge in [0.15, 0.2) is 5.82 Å². The fourth-order valence-corrected chi connectivity index (χ4v) is 5.93. The van der Waals surface area contributed by atoms with Crippen LogP contribution in [0, 0.1) is 37.3 Å². The molecule has 0 radical (unpaired) electrons. The van der Waals surface area contributed by atoms with Crippen LogP contribution in [0.4, 0.5) is 14.6 Å². The van der Waals surface area contributed by atoms with E-state index in [0.29, 0.717) is 17.9 Å². The molecule has 1 aromatic heterocycles. The highest BCUT2D eigenvalue weighted by molar-refractivity contribution is 5.49. The van der Waals surface area contributed by atoms with Gasteiger partial charge in [-0.2, -0.15) is 5.10 Å². The van der Waals surface area contributed by atoms with E-state index < -0.39 is 11.6 Å². The van der Waals surface area contributed by atoms with Crippen LogP contribution in [0.25, 0.3) is 0 Å². The van der Waals surface area contributed by atoms with Crippen LogP contribution < -0.4 is 4.90 Å². The standard InChI is InChI=1S/C23H28F2N4/c1-14-10-26-27-23(15(14)2)28-11-16-6-18(13-28)22-5-3-4-21(29(22)12-16)17-7-19(24)9-20(25)8-17/h7-10,16,18,21-22H,3-6,11-13H2,1-2H3/t16-,18+,21+,22-/m0/s1. The molecule has 3 aliphatic heterocycles. The highest BCUT2D eigenvalue weighted by Gasteiger charge is 2.45. The third kappa shape index (κ3) is 3.41. The molecule has 6 heteroatoms. The minimum atomic E-state index is -0.473. The molecule has 0 saturated carbocycles. The quantitative estimate of drug-likeness (QED) is 0.749. The molecule has 2 aromatic rings. The zero-order chi connectivity index (χ0) is 20.1. The van der Waals surface area contributed by atoms with Crippen LogP contribution in [0.2, 0.25) is 0 Å². The summed E-state index contributed by atoms with van der Waals surface area (Å²) in [5.74, 6) is 1.18. The fourth-order valence-electron chi connectivity index (χ4n) is 5.93. The Labute approximate surface area is 170 Å². The summed E-state index contributed by atoms with van der Waals surface area (Å²) in [6, 6.07) is 4.61. The van der Waals surface area contributed by atoms with E-state index in [1.807, 2.05) is 6.20 Å². The molecule has 0 N–H and O–H groups in total. The number of anilines is 1. The zero-order valence-corrected chi connectivity index (χ0v) is 17.1. The topological polar surface area (TPSA) is 32.3 Å². The van der Waals surface area contributed by atoms with Crippen molar-refractivity contribution in [2.75, 3.05) is 24.5 Å². The summed E-state index contributed by atoms with van der Waals surface area (Å²) < 4.78 is 27.7. The van der Waals surface area contributed by atoms with Gasteiger partial charge in [0.1, 0.15) is 11.6 Å². The molecule has 3 aliphatic rings. The van der Waals surface area contributed by atoms with Crippen molar-refractivity contribution in [2.45, 2.75) is 51.6 Å². The van der Waals surface area contributed by atoms with E-state index in [4.69, 9.17) is 0 Å². The van der Waals surface area contributed by atoms with Gasteiger partial charge in [0.05, 0.1) is 6.20 Å². The van der Waals surface area contributed by atoms with Crippen LogP contribution >= 0.6 is 0 Å². The molecule has 4 nitrogen and oxygen atoms in total. The molecule has 2 bridgehead atoms. The molecular formula is C23H28F2N4. The van der Waals surface area contributed by atoms with Crippen LogP contribution in [0.5, 0.6) is 0 Å². The lowest BCUT2D eigenvalue weighted by molar-refractivity contribution is -0.0202. The Morgan fingerprint density at radius 2 is 1.79 bits per heavy atom. The van der Waals surface area contributed by atoms with Gasteiger partial charge in [-0.25, -0.2) is 8.78 Å². The van der Waals surface area contributed by atoms with Crippen LogP contribution in [0.1, 0.15) is 48.4 Å². The summed E-state index contributed by atoms with van der Waals surface area (Å²) in [5, 5.41) is 8.65. The summed E-state index contributed by atoms with van der Waals surface area (Å²) in [7, 11) is 0. The molecule has 4 atom stereocenters. The Morgan fingerprint density at radius 3 is 2.59 bits per heavy atom. The molecular weight excluding hydrogens is 370 g/mol. The molecule has 0 spiro atoms. The van der Waals surface area contributed by atoms with E-state index in [0.717, 1.165) is 56.3 Å². The van der Waals surface area contributed by atoms with E-state index >= 15 is 0 Å². The lowest BCUT2D eigenvalue weighted by Crippen LogP contribution is -2.60. The maximum Gasteiger partial charge on any atom is 0.154 e. The van der Waals surface area contributed by atoms with E-state index in [9.17, 15) is 8.78 Å². The minimum Gasteiger partial charge on any atom is -0.354 e. The molecule has 4 heterocycles. The SMILES string of the molecule is Cc1cnnc(N2C[C@@H]3C[C@H](C2)[C@@H]2CCC[C@H](c4cc(F)cc(F)c4)N2C3)c1C. The molecule has 3 saturated heterocycles. The van der Waals surface area contributed by atoms with Gasteiger partial charge in [0, 0.05) is 37.8 Å². The first-order valence-corrected chi connectivity index (χ1v) is 10.7. The number of aromatic nitrogens is 2. The normalized spacial score (nSPS) is 29.6. The summed E-state index contributed by atoms with van der Waals surface area (Å²) in [5.41, 5.74) is 3.19. The van der Waals surface area contributed by atoms with E-state index in [1.54, 1.807) is 0 Å². The summed E-state index contributed by atoms with van der Waals surface area (Å²) >= 11 is 0. The monoisotopic (exact) mass is 398 g/mol. The van der Waals surface area contributed by atoms with Gasteiger partial charge >= 0.3 is 0 Å². The first-order valence-electron chi connectivity index (χ1n) is 10.7. The number of benzene rings is 1. The summed E-state index contributed by atoms with van der Waals surface area (Å²) in [6.07, 6.45) is 6.31. The van der Waals surface area contributed by atoms with Gasteiger partial charge in [-0.1, -0.05) is 0 Å². The summed E-state index contributed by atoms with van der Waals surface area (Å²) in [6.45, 7) is 7.16. The maximum absolute atomic E-state index is 13.9. The maximum atomic E-state index is 13.9. The zero-order valence-electron chi connectivity index (χ0n) is 17.1. The lowest BCUT2D eigenvalue weighted by Gasteiger charge is -2.55. The lowest BCUT2D eigenvalue weighted by atomic mass is 9.74. The van der Waals surface area contributed by atoms with Crippen LogP contribution in [0.3, 0.4) is 0 Å². The summed E-state index contributed by atoms with van der Waals surface area (Å²) in [4.78, 5) is 4.99. The second-order valence-electron chi connectivity index (χ2n) is 9.16. The van der Waals surface area contributed by atoms with Crippen molar-refractivity contribution in [3.05, 3.63) is 52.7 Å². The number of fused-ring (bicyclic) bond motifs is 4. The van der Waals surface area contributed by atoms with Gasteiger partial charge in [-0.3, -0.25) is 4.90 Å². The highest BCUT2D eigenvalue weighted by Crippen LogP contribution is 2.45. The number of hydrogen-bond acceptors (Lipinski definition) is 4. The van der Waals surface area contributed by atoms with Gasteiger partial charge < -0.3 is 4.90 Å². The van der Waals surface area contributed by atoms with Gasteiger partial charge in [-0.15, -0.1) is 5.10 Å². The van der Waals surface area contributed by atoms with Crippen molar-refractivity contribution in [1.29, 1.82) is 0 Å². The van der Waals surface area contributed by atoms with Crippen LogP contribution in [-0.2, 0) is 0 Å². The second-order valence-corrected chi connectivity index (χ2v) is 9.16. The van der Waals surface area contributed by atoms with E-state index in [2.05, 4.69) is 33.8 Å². The highest BCUT2D eigenvalue weighted by atomic mass is 19.1. The van der Waals surface area contributed by atoms with E-state index in [1.165, 1.54) is 29.7 Å². The number of halogens is 2. The van der Waals surface area contributed by atoms with Gasteiger partial charge in [0.2, 0.25) is 0 Å². The molecule has 3 fully saturated rings. The molecule has 5 rings (SSSR count). The minimum absolute atomic E-state index is 0.122. The number of rotatable bonds is 2. The number of aryl methyl sites for hydroxylation is 1. The Kier molecular flexibility index (Phi) is 4.77. The largest absolute Gasteiger partial charge is 0.354 e. The predicted octanol–water partition coefficient (Wildman–Crippen LogP) is 4.42. The second kappa shape index (κ2) is 7.31. The smallest absolute Gasteiger partial charge is 0.154 e. The van der Waals surface area contributed by atoms with Gasteiger partial charge in [0.25, 0.3) is 0 Å².